The van der Waals surface area contributed by atoms with Gasteiger partial charge in [-0.25, -0.2) is 0 Å². The molecule has 2 atom stereocenters. The normalized spacial score (nSPS) is 20.8. The van der Waals surface area contributed by atoms with E-state index >= 15 is 0 Å². The maximum Gasteiger partial charge on any atom is 0.240 e. The van der Waals surface area contributed by atoms with E-state index in [0.29, 0.717) is 45.1 Å². The van der Waals surface area contributed by atoms with Crippen molar-refractivity contribution in [1.29, 1.82) is 0 Å². The summed E-state index contributed by atoms with van der Waals surface area (Å²) in [5.74, 6) is 6.91. The third kappa shape index (κ3) is 4.40. The average Bonchev–Trinajstić information content (AvgIpc) is 3.05. The molecule has 4 rings (SSSR count). The van der Waals surface area contributed by atoms with Crippen LogP contribution in [0.1, 0.15) is 51.3 Å². The van der Waals surface area contributed by atoms with E-state index in [1.54, 1.807) is 6.92 Å². The van der Waals surface area contributed by atoms with Crippen molar-refractivity contribution >= 4 is 22.7 Å². The first-order chi connectivity index (χ1) is 15.4. The molecule has 0 bridgehead atoms. The summed E-state index contributed by atoms with van der Waals surface area (Å²) in [5.41, 5.74) is 3.69. The first-order valence-electron chi connectivity index (χ1n) is 11.7. The Bertz CT molecular complexity index is 1070. The number of carbonyl (C=O) groups is 2. The highest BCUT2D eigenvalue weighted by Gasteiger charge is 2.34. The van der Waals surface area contributed by atoms with Crippen LogP contribution in [-0.2, 0) is 22.6 Å². The second-order valence-electron chi connectivity index (χ2n) is 9.39. The van der Waals surface area contributed by atoms with Gasteiger partial charge in [-0.05, 0) is 42.9 Å². The van der Waals surface area contributed by atoms with Crippen LogP contribution in [0.25, 0.3) is 10.9 Å². The Hall–Kier alpha value is -2.78. The molecule has 0 radical (unpaired) electrons. The summed E-state index contributed by atoms with van der Waals surface area (Å²) in [6.07, 6.45) is 3.83. The Morgan fingerprint density at radius 3 is 2.53 bits per heavy atom. The first-order valence-corrected chi connectivity index (χ1v) is 11.7. The number of benzene rings is 1. The largest absolute Gasteiger partial charge is 0.339 e. The molecule has 0 unspecified atom stereocenters. The summed E-state index contributed by atoms with van der Waals surface area (Å²) >= 11 is 0. The van der Waals surface area contributed by atoms with E-state index in [1.165, 1.54) is 22.0 Å². The minimum atomic E-state index is -0.272. The third-order valence-corrected chi connectivity index (χ3v) is 6.69. The zero-order chi connectivity index (χ0) is 22.8. The molecule has 2 aliphatic rings. The summed E-state index contributed by atoms with van der Waals surface area (Å²) in [4.78, 5) is 29.0. The molecule has 2 aromatic rings. The number of amides is 2. The van der Waals surface area contributed by atoms with E-state index in [-0.39, 0.29) is 23.9 Å². The van der Waals surface area contributed by atoms with Gasteiger partial charge in [-0.3, -0.25) is 14.9 Å². The second kappa shape index (κ2) is 9.38. The van der Waals surface area contributed by atoms with Crippen LogP contribution in [0.3, 0.4) is 0 Å². The number of hydrogen-bond donors (Lipinski definition) is 1. The van der Waals surface area contributed by atoms with Crippen molar-refractivity contribution in [3.63, 3.8) is 0 Å². The third-order valence-electron chi connectivity index (χ3n) is 6.69. The fraction of sp³-hybridized carbons (Fsp3) is 0.538. The lowest BCUT2D eigenvalue weighted by Gasteiger charge is -2.36. The average molecular weight is 435 g/mol. The summed E-state index contributed by atoms with van der Waals surface area (Å²) in [5, 5.41) is 5.00. The van der Waals surface area contributed by atoms with E-state index in [4.69, 9.17) is 0 Å². The van der Waals surface area contributed by atoms with Crippen molar-refractivity contribution in [3.8, 4) is 11.8 Å². The molecule has 3 heterocycles. The maximum atomic E-state index is 13.6. The van der Waals surface area contributed by atoms with Crippen molar-refractivity contribution in [2.24, 2.45) is 5.92 Å². The molecule has 6 nitrogen and oxygen atoms in total. The monoisotopic (exact) mass is 434 g/mol. The van der Waals surface area contributed by atoms with E-state index in [0.717, 1.165) is 6.42 Å². The second-order valence-corrected chi connectivity index (χ2v) is 9.39. The molecule has 170 valence electrons. The fourth-order valence-electron chi connectivity index (χ4n) is 5.11. The molecule has 0 spiro atoms. The topological polar surface area (TPSA) is 57.6 Å². The predicted molar refractivity (Wildman–Crippen MR) is 127 cm³/mol. The number of piperazine rings is 1. The molecule has 32 heavy (non-hydrogen) atoms. The van der Waals surface area contributed by atoms with Gasteiger partial charge in [0.1, 0.15) is 0 Å². The molecular formula is C26H34N4O2. The van der Waals surface area contributed by atoms with Crippen LogP contribution < -0.4 is 5.32 Å². The molecule has 0 saturated carbocycles. The Morgan fingerprint density at radius 1 is 1.16 bits per heavy atom. The molecule has 1 saturated heterocycles. The lowest BCUT2D eigenvalue weighted by molar-refractivity contribution is -0.140. The van der Waals surface area contributed by atoms with Gasteiger partial charge >= 0.3 is 0 Å². The molecule has 1 aromatic heterocycles. The molecule has 2 amide bonds. The van der Waals surface area contributed by atoms with Crippen molar-refractivity contribution in [3.05, 3.63) is 35.5 Å². The van der Waals surface area contributed by atoms with Crippen molar-refractivity contribution in [2.45, 2.75) is 59.2 Å². The highest BCUT2D eigenvalue weighted by Crippen LogP contribution is 2.36. The molecule has 1 fully saturated rings. The number of aromatic nitrogens is 1. The lowest BCUT2D eigenvalue weighted by Crippen LogP contribution is -2.55. The van der Waals surface area contributed by atoms with E-state index in [1.807, 2.05) is 16.7 Å². The minimum absolute atomic E-state index is 0.0797. The van der Waals surface area contributed by atoms with Gasteiger partial charge in [0.2, 0.25) is 11.8 Å². The number of hydrogen-bond acceptors (Lipinski definition) is 3. The number of rotatable bonds is 4. The van der Waals surface area contributed by atoms with Gasteiger partial charge in [-0.1, -0.05) is 31.9 Å². The van der Waals surface area contributed by atoms with E-state index in [2.05, 4.69) is 60.0 Å². The standard InChI is InChI=1S/C26H34N4O2/c1-5-6-10-30-17-20-16-23(26(32)29-13-11-28(12-14-29)19(4)31)27-22(15-18(2)3)21-8-7-9-24(30)25(20)21/h7-9,17-18,22-23,27H,10-16H2,1-4H3/t22-,23-/m0/s1. The first kappa shape index (κ1) is 22.4. The molecule has 6 heteroatoms. The van der Waals surface area contributed by atoms with Gasteiger partial charge in [0, 0.05) is 56.2 Å². The smallest absolute Gasteiger partial charge is 0.240 e. The summed E-state index contributed by atoms with van der Waals surface area (Å²) < 4.78 is 2.22. The number of nitrogens with zero attached hydrogens (tertiary/aromatic N) is 3. The number of nitrogens with one attached hydrogen (secondary N) is 1. The van der Waals surface area contributed by atoms with Gasteiger partial charge in [0.05, 0.1) is 12.6 Å². The van der Waals surface area contributed by atoms with Crippen LogP contribution in [0.15, 0.2) is 24.4 Å². The zero-order valence-electron chi connectivity index (χ0n) is 19.6. The SMILES string of the molecule is CC#CCn1cc2c3c(cccc31)[C@H](CC(C)C)N[C@H](C(=O)N1CCN(C(C)=O)CC1)C2. The molecule has 1 N–H and O–H groups in total. The van der Waals surface area contributed by atoms with Gasteiger partial charge in [0.15, 0.2) is 0 Å². The molecule has 2 aliphatic heterocycles. The maximum absolute atomic E-state index is 13.6. The minimum Gasteiger partial charge on any atom is -0.339 e. The highest BCUT2D eigenvalue weighted by molar-refractivity contribution is 5.91. The van der Waals surface area contributed by atoms with Gasteiger partial charge in [0.25, 0.3) is 0 Å². The predicted octanol–water partition coefficient (Wildman–Crippen LogP) is 2.96. The Balaban J connectivity index is 1.66. The van der Waals surface area contributed by atoms with Crippen molar-refractivity contribution in [1.82, 2.24) is 19.7 Å². The number of carbonyl (C=O) groups excluding carboxylic acids is 2. The summed E-state index contributed by atoms with van der Waals surface area (Å²) in [6, 6.07) is 6.34. The Kier molecular flexibility index (Phi) is 6.57. The fourth-order valence-corrected chi connectivity index (χ4v) is 5.11. The van der Waals surface area contributed by atoms with E-state index in [9.17, 15) is 9.59 Å². The van der Waals surface area contributed by atoms with Crippen molar-refractivity contribution in [2.75, 3.05) is 26.2 Å². The highest BCUT2D eigenvalue weighted by atomic mass is 16.2. The van der Waals surface area contributed by atoms with Crippen LogP contribution in [0.5, 0.6) is 0 Å². The van der Waals surface area contributed by atoms with Gasteiger partial charge < -0.3 is 14.4 Å². The Morgan fingerprint density at radius 2 is 1.88 bits per heavy atom. The lowest BCUT2D eigenvalue weighted by atomic mass is 9.94. The molecular weight excluding hydrogens is 400 g/mol. The van der Waals surface area contributed by atoms with Crippen LogP contribution in [0, 0.1) is 17.8 Å². The van der Waals surface area contributed by atoms with Crippen LogP contribution in [-0.4, -0.2) is 58.4 Å². The molecule has 0 aliphatic carbocycles. The molecule has 1 aromatic carbocycles. The van der Waals surface area contributed by atoms with Gasteiger partial charge in [-0.15, -0.1) is 5.92 Å². The van der Waals surface area contributed by atoms with Gasteiger partial charge in [-0.2, -0.15) is 0 Å². The zero-order valence-corrected chi connectivity index (χ0v) is 19.6. The quantitative estimate of drug-likeness (QED) is 0.753. The summed E-state index contributed by atoms with van der Waals surface area (Å²) in [6.45, 7) is 11.0. The summed E-state index contributed by atoms with van der Waals surface area (Å²) in [7, 11) is 0. The van der Waals surface area contributed by atoms with E-state index < -0.39 is 0 Å². The van der Waals surface area contributed by atoms with Crippen LogP contribution in [0.2, 0.25) is 0 Å². The van der Waals surface area contributed by atoms with Crippen LogP contribution >= 0.6 is 0 Å². The van der Waals surface area contributed by atoms with Crippen LogP contribution in [0.4, 0.5) is 0 Å². The Labute approximate surface area is 190 Å². The van der Waals surface area contributed by atoms with Crippen molar-refractivity contribution < 1.29 is 9.59 Å².